The van der Waals surface area contributed by atoms with Crippen LogP contribution in [0.2, 0.25) is 0 Å². The number of benzene rings is 1. The van der Waals surface area contributed by atoms with E-state index < -0.39 is 12.0 Å². The molecule has 0 saturated carbocycles. The Morgan fingerprint density at radius 1 is 1.42 bits per heavy atom. The van der Waals surface area contributed by atoms with Crippen LogP contribution in [0.15, 0.2) is 18.2 Å². The lowest BCUT2D eigenvalue weighted by Crippen LogP contribution is -2.40. The van der Waals surface area contributed by atoms with E-state index in [1.54, 1.807) is 7.11 Å². The summed E-state index contributed by atoms with van der Waals surface area (Å²) >= 11 is 0. The van der Waals surface area contributed by atoms with Gasteiger partial charge in [-0.3, -0.25) is 9.69 Å². The van der Waals surface area contributed by atoms with Crippen LogP contribution in [0.25, 0.3) is 0 Å². The predicted molar refractivity (Wildman–Crippen MR) is 73.7 cm³/mol. The van der Waals surface area contributed by atoms with E-state index in [1.165, 1.54) is 0 Å². The number of carboxylic acids is 1. The molecule has 4 heteroatoms. The van der Waals surface area contributed by atoms with Gasteiger partial charge in [0, 0.05) is 6.42 Å². The quantitative estimate of drug-likeness (QED) is 0.884. The van der Waals surface area contributed by atoms with Crippen molar-refractivity contribution in [3.05, 3.63) is 29.3 Å². The molecule has 0 amide bonds. The number of aliphatic carboxylic acids is 1. The fourth-order valence-electron chi connectivity index (χ4n) is 2.70. The number of ether oxygens (including phenoxy) is 1. The maximum Gasteiger partial charge on any atom is 0.321 e. The molecule has 1 aromatic carbocycles. The SMILES string of the molecule is COc1ccc(C)cc1C[C@H](C(=O)O)N1CCCC1. The predicted octanol–water partition coefficient (Wildman–Crippen LogP) is 2.10. The van der Waals surface area contributed by atoms with E-state index >= 15 is 0 Å². The van der Waals surface area contributed by atoms with Gasteiger partial charge < -0.3 is 9.84 Å². The number of nitrogens with zero attached hydrogens (tertiary/aromatic N) is 1. The fourth-order valence-corrected chi connectivity index (χ4v) is 2.70. The highest BCUT2D eigenvalue weighted by Crippen LogP contribution is 2.24. The summed E-state index contributed by atoms with van der Waals surface area (Å²) in [4.78, 5) is 13.6. The first kappa shape index (κ1) is 13.9. The molecular weight excluding hydrogens is 242 g/mol. The van der Waals surface area contributed by atoms with Gasteiger partial charge in [0.25, 0.3) is 0 Å². The van der Waals surface area contributed by atoms with Crippen molar-refractivity contribution < 1.29 is 14.6 Å². The Morgan fingerprint density at radius 3 is 2.68 bits per heavy atom. The largest absolute Gasteiger partial charge is 0.496 e. The van der Waals surface area contributed by atoms with Gasteiger partial charge in [0.15, 0.2) is 0 Å². The van der Waals surface area contributed by atoms with Gasteiger partial charge in [0.05, 0.1) is 7.11 Å². The van der Waals surface area contributed by atoms with E-state index in [1.807, 2.05) is 25.1 Å². The van der Waals surface area contributed by atoms with Crippen molar-refractivity contribution in [1.82, 2.24) is 4.90 Å². The van der Waals surface area contributed by atoms with E-state index in [2.05, 4.69) is 4.90 Å². The van der Waals surface area contributed by atoms with Crippen LogP contribution < -0.4 is 4.74 Å². The molecule has 1 aliphatic rings. The van der Waals surface area contributed by atoms with Crippen LogP contribution in [0.4, 0.5) is 0 Å². The van der Waals surface area contributed by atoms with Gasteiger partial charge in [0.2, 0.25) is 0 Å². The molecule has 1 N–H and O–H groups in total. The van der Waals surface area contributed by atoms with Gasteiger partial charge in [0.1, 0.15) is 11.8 Å². The first-order chi connectivity index (χ1) is 9.11. The molecule has 1 saturated heterocycles. The molecule has 2 rings (SSSR count). The smallest absolute Gasteiger partial charge is 0.321 e. The molecule has 1 aromatic rings. The Bertz CT molecular complexity index is 453. The van der Waals surface area contributed by atoms with E-state index in [4.69, 9.17) is 4.74 Å². The minimum atomic E-state index is -0.745. The summed E-state index contributed by atoms with van der Waals surface area (Å²) in [5.41, 5.74) is 2.10. The van der Waals surface area contributed by atoms with Crippen molar-refractivity contribution in [2.24, 2.45) is 0 Å². The zero-order valence-electron chi connectivity index (χ0n) is 11.6. The van der Waals surface area contributed by atoms with Crippen LogP contribution in [0, 0.1) is 6.92 Å². The number of rotatable bonds is 5. The molecule has 104 valence electrons. The number of aryl methyl sites for hydroxylation is 1. The first-order valence-corrected chi connectivity index (χ1v) is 6.72. The van der Waals surface area contributed by atoms with Crippen molar-refractivity contribution in [2.45, 2.75) is 32.2 Å². The number of methoxy groups -OCH3 is 1. The Kier molecular flexibility index (Phi) is 4.43. The molecular formula is C15H21NO3. The third kappa shape index (κ3) is 3.26. The summed E-state index contributed by atoms with van der Waals surface area (Å²) in [5.74, 6) is 0.0292. The van der Waals surface area contributed by atoms with Crippen molar-refractivity contribution in [1.29, 1.82) is 0 Å². The van der Waals surface area contributed by atoms with Crippen LogP contribution >= 0.6 is 0 Å². The number of carboxylic acid groups (broad SMARTS) is 1. The first-order valence-electron chi connectivity index (χ1n) is 6.72. The normalized spacial score (nSPS) is 17.4. The average molecular weight is 263 g/mol. The lowest BCUT2D eigenvalue weighted by Gasteiger charge is -2.24. The van der Waals surface area contributed by atoms with Gasteiger partial charge in [-0.15, -0.1) is 0 Å². The van der Waals surface area contributed by atoms with Crippen LogP contribution in [-0.2, 0) is 11.2 Å². The van der Waals surface area contributed by atoms with Gasteiger partial charge in [-0.2, -0.15) is 0 Å². The Hall–Kier alpha value is -1.55. The number of hydrogen-bond acceptors (Lipinski definition) is 3. The number of likely N-dealkylation sites (tertiary alicyclic amines) is 1. The molecule has 1 atom stereocenters. The van der Waals surface area contributed by atoms with Crippen molar-refractivity contribution >= 4 is 5.97 Å². The molecule has 0 radical (unpaired) electrons. The van der Waals surface area contributed by atoms with Gasteiger partial charge in [-0.25, -0.2) is 0 Å². The molecule has 1 fully saturated rings. The highest BCUT2D eigenvalue weighted by Gasteiger charge is 2.28. The fraction of sp³-hybridized carbons (Fsp3) is 0.533. The zero-order valence-corrected chi connectivity index (χ0v) is 11.6. The Morgan fingerprint density at radius 2 is 2.11 bits per heavy atom. The number of hydrogen-bond donors (Lipinski definition) is 1. The third-order valence-electron chi connectivity index (χ3n) is 3.72. The molecule has 0 spiro atoms. The Labute approximate surface area is 114 Å². The second kappa shape index (κ2) is 6.06. The second-order valence-electron chi connectivity index (χ2n) is 5.12. The van der Waals surface area contributed by atoms with Crippen LogP contribution in [0.5, 0.6) is 5.75 Å². The molecule has 4 nitrogen and oxygen atoms in total. The highest BCUT2D eigenvalue weighted by atomic mass is 16.5. The maximum absolute atomic E-state index is 11.5. The molecule has 0 bridgehead atoms. The van der Waals surface area contributed by atoms with E-state index in [9.17, 15) is 9.90 Å². The van der Waals surface area contributed by atoms with Crippen LogP contribution in [-0.4, -0.2) is 42.2 Å². The summed E-state index contributed by atoms with van der Waals surface area (Å²) < 4.78 is 5.33. The summed E-state index contributed by atoms with van der Waals surface area (Å²) in [6, 6.07) is 5.46. The topological polar surface area (TPSA) is 49.8 Å². The van der Waals surface area contributed by atoms with E-state index in [-0.39, 0.29) is 0 Å². The van der Waals surface area contributed by atoms with E-state index in [0.29, 0.717) is 6.42 Å². The number of carbonyl (C=O) groups is 1. The summed E-state index contributed by atoms with van der Waals surface area (Å²) in [7, 11) is 1.62. The third-order valence-corrected chi connectivity index (χ3v) is 3.72. The zero-order chi connectivity index (χ0) is 13.8. The lowest BCUT2D eigenvalue weighted by molar-refractivity contribution is -0.142. The van der Waals surface area contributed by atoms with Crippen molar-refractivity contribution in [2.75, 3.05) is 20.2 Å². The minimum Gasteiger partial charge on any atom is -0.496 e. The maximum atomic E-state index is 11.5. The van der Waals surface area contributed by atoms with Gasteiger partial charge in [-0.1, -0.05) is 17.7 Å². The second-order valence-corrected chi connectivity index (χ2v) is 5.12. The molecule has 0 aromatic heterocycles. The summed E-state index contributed by atoms with van der Waals surface area (Å²) in [6.45, 7) is 3.77. The molecule has 0 unspecified atom stereocenters. The molecule has 0 aliphatic carbocycles. The Balaban J connectivity index is 2.20. The minimum absolute atomic E-state index is 0.446. The van der Waals surface area contributed by atoms with Crippen molar-refractivity contribution in [3.63, 3.8) is 0 Å². The molecule has 1 heterocycles. The standard InChI is InChI=1S/C15H21NO3/c1-11-5-6-14(19-2)12(9-11)10-13(15(17)18)16-7-3-4-8-16/h5-6,9,13H,3-4,7-8,10H2,1-2H3,(H,17,18)/t13-/m1/s1. The van der Waals surface area contributed by atoms with Crippen LogP contribution in [0.1, 0.15) is 24.0 Å². The van der Waals surface area contributed by atoms with E-state index in [0.717, 1.165) is 42.8 Å². The highest BCUT2D eigenvalue weighted by molar-refractivity contribution is 5.74. The summed E-state index contributed by atoms with van der Waals surface area (Å²) in [5, 5.41) is 9.45. The van der Waals surface area contributed by atoms with Crippen LogP contribution in [0.3, 0.4) is 0 Å². The molecule has 1 aliphatic heterocycles. The molecule has 19 heavy (non-hydrogen) atoms. The van der Waals surface area contributed by atoms with Crippen molar-refractivity contribution in [3.8, 4) is 5.75 Å². The lowest BCUT2D eigenvalue weighted by atomic mass is 10.0. The average Bonchev–Trinajstić information content (AvgIpc) is 2.89. The van der Waals surface area contributed by atoms with Gasteiger partial charge >= 0.3 is 5.97 Å². The summed E-state index contributed by atoms with van der Waals surface area (Å²) in [6.07, 6.45) is 2.68. The van der Waals surface area contributed by atoms with Gasteiger partial charge in [-0.05, 0) is 44.5 Å². The monoisotopic (exact) mass is 263 g/mol.